The minimum absolute atomic E-state index is 0.409. The summed E-state index contributed by atoms with van der Waals surface area (Å²) in [5.41, 5.74) is 2.07. The molecular weight excluding hydrogens is 204 g/mol. The van der Waals surface area contributed by atoms with E-state index in [1.807, 2.05) is 30.5 Å². The van der Waals surface area contributed by atoms with Gasteiger partial charge in [-0.1, -0.05) is 31.2 Å². The first-order chi connectivity index (χ1) is 7.17. The Morgan fingerprint density at radius 1 is 1.40 bits per heavy atom. The normalized spacial score (nSPS) is 12.5. The first-order valence-corrected chi connectivity index (χ1v) is 6.38. The summed E-state index contributed by atoms with van der Waals surface area (Å²) in [5.74, 6) is 0. The summed E-state index contributed by atoms with van der Waals surface area (Å²) in [6.07, 6.45) is 3.23. The average Bonchev–Trinajstić information content (AvgIpc) is 2.29. The molecule has 2 heteroatoms. The molecule has 0 heterocycles. The summed E-state index contributed by atoms with van der Waals surface area (Å²) in [7, 11) is 0. The van der Waals surface area contributed by atoms with Crippen LogP contribution in [0.25, 0.3) is 0 Å². The van der Waals surface area contributed by atoms with Gasteiger partial charge in [-0.2, -0.15) is 0 Å². The third-order valence-electron chi connectivity index (χ3n) is 2.48. The maximum absolute atomic E-state index is 9.92. The predicted molar refractivity (Wildman–Crippen MR) is 67.2 cm³/mol. The fourth-order valence-electron chi connectivity index (χ4n) is 1.36. The Hall–Kier alpha value is -0.730. The van der Waals surface area contributed by atoms with Gasteiger partial charge in [0.15, 0.2) is 0 Å². The average molecular weight is 222 g/mol. The molecular formula is C13H18OS. The summed E-state index contributed by atoms with van der Waals surface area (Å²) < 4.78 is 0. The van der Waals surface area contributed by atoms with Crippen molar-refractivity contribution < 1.29 is 5.11 Å². The van der Waals surface area contributed by atoms with Crippen molar-refractivity contribution in [1.82, 2.24) is 0 Å². The molecule has 15 heavy (non-hydrogen) atoms. The van der Waals surface area contributed by atoms with Crippen LogP contribution < -0.4 is 0 Å². The van der Waals surface area contributed by atoms with Gasteiger partial charge in [-0.15, -0.1) is 11.8 Å². The zero-order valence-corrected chi connectivity index (χ0v) is 10.2. The highest BCUT2D eigenvalue weighted by molar-refractivity contribution is 7.98. The van der Waals surface area contributed by atoms with E-state index >= 15 is 0 Å². The Bertz CT molecular complexity index is 316. The largest absolute Gasteiger partial charge is 0.388 e. The molecule has 0 radical (unpaired) electrons. The number of aliphatic hydroxyl groups is 1. The monoisotopic (exact) mass is 222 g/mol. The van der Waals surface area contributed by atoms with Crippen molar-refractivity contribution in [2.45, 2.75) is 30.8 Å². The molecule has 1 aromatic rings. The lowest BCUT2D eigenvalue weighted by Gasteiger charge is -2.12. The van der Waals surface area contributed by atoms with Crippen molar-refractivity contribution in [1.29, 1.82) is 0 Å². The van der Waals surface area contributed by atoms with Crippen LogP contribution in [0.5, 0.6) is 0 Å². The maximum Gasteiger partial charge on any atom is 0.0827 e. The predicted octanol–water partition coefficient (Wildman–Crippen LogP) is 3.80. The van der Waals surface area contributed by atoms with Gasteiger partial charge in [-0.05, 0) is 36.8 Å². The lowest BCUT2D eigenvalue weighted by atomic mass is 10.0. The molecule has 0 spiro atoms. The minimum Gasteiger partial charge on any atom is -0.388 e. The van der Waals surface area contributed by atoms with E-state index in [9.17, 15) is 5.11 Å². The van der Waals surface area contributed by atoms with Crippen LogP contribution in [0.3, 0.4) is 0 Å². The number of aliphatic hydroxyl groups excluding tert-OH is 1. The van der Waals surface area contributed by atoms with Crippen LogP contribution in [0.4, 0.5) is 0 Å². The Morgan fingerprint density at radius 3 is 2.47 bits per heavy atom. The first kappa shape index (κ1) is 12.3. The van der Waals surface area contributed by atoms with Crippen LogP contribution in [0.1, 0.15) is 31.4 Å². The molecule has 0 aliphatic carbocycles. The highest BCUT2D eigenvalue weighted by atomic mass is 32.2. The summed E-state index contributed by atoms with van der Waals surface area (Å²) in [6, 6.07) is 8.05. The number of rotatable bonds is 5. The Labute approximate surface area is 96.2 Å². The minimum atomic E-state index is -0.409. The molecule has 82 valence electrons. The summed E-state index contributed by atoms with van der Waals surface area (Å²) in [6.45, 7) is 5.97. The van der Waals surface area contributed by atoms with Crippen molar-refractivity contribution in [2.24, 2.45) is 0 Å². The van der Waals surface area contributed by atoms with E-state index in [1.165, 1.54) is 4.90 Å². The van der Waals surface area contributed by atoms with Gasteiger partial charge in [-0.25, -0.2) is 0 Å². The molecule has 1 N–H and O–H groups in total. The van der Waals surface area contributed by atoms with Gasteiger partial charge < -0.3 is 5.11 Å². The van der Waals surface area contributed by atoms with E-state index in [1.54, 1.807) is 11.8 Å². The van der Waals surface area contributed by atoms with E-state index in [-0.39, 0.29) is 0 Å². The Morgan fingerprint density at radius 2 is 2.00 bits per heavy atom. The van der Waals surface area contributed by atoms with Gasteiger partial charge in [0.2, 0.25) is 0 Å². The third kappa shape index (κ3) is 3.73. The van der Waals surface area contributed by atoms with Crippen LogP contribution in [0, 0.1) is 0 Å². The van der Waals surface area contributed by atoms with Crippen molar-refractivity contribution in [3.8, 4) is 0 Å². The van der Waals surface area contributed by atoms with E-state index in [0.717, 1.165) is 17.6 Å². The van der Waals surface area contributed by atoms with Crippen molar-refractivity contribution >= 4 is 11.8 Å². The van der Waals surface area contributed by atoms with Gasteiger partial charge in [-0.3, -0.25) is 0 Å². The standard InChI is InChI=1S/C13H18OS/c1-4-10(2)9-13(14)11-5-7-12(15-3)8-6-11/h5-8,13-14H,2,4,9H2,1,3H3. The zero-order chi connectivity index (χ0) is 11.3. The lowest BCUT2D eigenvalue weighted by molar-refractivity contribution is 0.177. The number of hydrogen-bond donors (Lipinski definition) is 1. The van der Waals surface area contributed by atoms with E-state index in [0.29, 0.717) is 6.42 Å². The van der Waals surface area contributed by atoms with Gasteiger partial charge in [0.25, 0.3) is 0 Å². The van der Waals surface area contributed by atoms with Crippen LogP contribution in [0.2, 0.25) is 0 Å². The van der Waals surface area contributed by atoms with Crippen LogP contribution >= 0.6 is 11.8 Å². The Balaban J connectivity index is 2.65. The van der Waals surface area contributed by atoms with Crippen LogP contribution in [-0.4, -0.2) is 11.4 Å². The lowest BCUT2D eigenvalue weighted by Crippen LogP contribution is -1.98. The highest BCUT2D eigenvalue weighted by Crippen LogP contribution is 2.23. The summed E-state index contributed by atoms with van der Waals surface area (Å²) >= 11 is 1.71. The molecule has 1 atom stereocenters. The SMILES string of the molecule is C=C(CC)CC(O)c1ccc(SC)cc1. The molecule has 0 saturated carbocycles. The summed E-state index contributed by atoms with van der Waals surface area (Å²) in [4.78, 5) is 1.22. The molecule has 0 aliphatic rings. The zero-order valence-electron chi connectivity index (χ0n) is 9.36. The van der Waals surface area contributed by atoms with Crippen molar-refractivity contribution in [2.75, 3.05) is 6.26 Å². The number of thioether (sulfide) groups is 1. The molecule has 0 bridgehead atoms. The molecule has 1 rings (SSSR count). The van der Waals surface area contributed by atoms with E-state index < -0.39 is 6.10 Å². The molecule has 0 fully saturated rings. The second-order valence-corrected chi connectivity index (χ2v) is 4.48. The Kier molecular flexibility index (Phi) is 4.92. The second kappa shape index (κ2) is 5.99. The first-order valence-electron chi connectivity index (χ1n) is 5.16. The fourth-order valence-corrected chi connectivity index (χ4v) is 1.77. The molecule has 1 aromatic carbocycles. The highest BCUT2D eigenvalue weighted by Gasteiger charge is 2.07. The fraction of sp³-hybridized carbons (Fsp3) is 0.385. The van der Waals surface area contributed by atoms with E-state index in [2.05, 4.69) is 13.5 Å². The van der Waals surface area contributed by atoms with Crippen molar-refractivity contribution in [3.63, 3.8) is 0 Å². The van der Waals surface area contributed by atoms with Gasteiger partial charge in [0.05, 0.1) is 6.10 Å². The molecule has 0 saturated heterocycles. The molecule has 1 unspecified atom stereocenters. The smallest absolute Gasteiger partial charge is 0.0827 e. The maximum atomic E-state index is 9.92. The number of benzene rings is 1. The van der Waals surface area contributed by atoms with Crippen molar-refractivity contribution in [3.05, 3.63) is 42.0 Å². The van der Waals surface area contributed by atoms with Gasteiger partial charge in [0.1, 0.15) is 0 Å². The van der Waals surface area contributed by atoms with Crippen LogP contribution in [0.15, 0.2) is 41.3 Å². The molecule has 0 aromatic heterocycles. The molecule has 1 nitrogen and oxygen atoms in total. The van der Waals surface area contributed by atoms with E-state index in [4.69, 9.17) is 0 Å². The second-order valence-electron chi connectivity index (χ2n) is 3.60. The van der Waals surface area contributed by atoms with Gasteiger partial charge >= 0.3 is 0 Å². The topological polar surface area (TPSA) is 20.2 Å². The summed E-state index contributed by atoms with van der Waals surface area (Å²) in [5, 5.41) is 9.92. The van der Waals surface area contributed by atoms with Crippen LogP contribution in [-0.2, 0) is 0 Å². The number of hydrogen-bond acceptors (Lipinski definition) is 2. The van der Waals surface area contributed by atoms with Gasteiger partial charge in [0, 0.05) is 4.90 Å². The third-order valence-corrected chi connectivity index (χ3v) is 3.23. The molecule has 0 amide bonds. The quantitative estimate of drug-likeness (QED) is 0.604. The molecule has 0 aliphatic heterocycles.